The number of benzene rings is 2. The molecule has 0 aliphatic carbocycles. The van der Waals surface area contributed by atoms with E-state index in [0.717, 1.165) is 11.1 Å². The van der Waals surface area contributed by atoms with E-state index in [4.69, 9.17) is 14.2 Å². The summed E-state index contributed by atoms with van der Waals surface area (Å²) >= 11 is 1.37. The molecule has 0 radical (unpaired) electrons. The van der Waals surface area contributed by atoms with Crippen LogP contribution in [0.15, 0.2) is 48.8 Å². The third-order valence-corrected chi connectivity index (χ3v) is 6.91. The number of anilines is 1. The van der Waals surface area contributed by atoms with Gasteiger partial charge in [0.2, 0.25) is 5.88 Å². The number of carbonyl (C=O) groups excluding carboxylic acids is 2. The third kappa shape index (κ3) is 6.14. The van der Waals surface area contributed by atoms with Crippen molar-refractivity contribution in [2.45, 2.75) is 6.92 Å². The number of methoxy groups -OCH3 is 1. The Bertz CT molecular complexity index is 1780. The number of thiazole rings is 1. The summed E-state index contributed by atoms with van der Waals surface area (Å²) in [6.45, 7) is 1.73. The summed E-state index contributed by atoms with van der Waals surface area (Å²) in [5, 5.41) is 3.19. The summed E-state index contributed by atoms with van der Waals surface area (Å²) in [4.78, 5) is 43.2. The normalized spacial score (nSPS) is 11.0. The molecule has 3 heterocycles. The summed E-state index contributed by atoms with van der Waals surface area (Å²) in [7, 11) is 4.74. The highest BCUT2D eigenvalue weighted by atomic mass is 32.1. The molecule has 0 atom stereocenters. The monoisotopic (exact) mass is 576 g/mol. The zero-order valence-corrected chi connectivity index (χ0v) is 23.4. The van der Waals surface area contributed by atoms with E-state index in [2.05, 4.69) is 25.3 Å². The second-order valence-electron chi connectivity index (χ2n) is 9.10. The third-order valence-electron chi connectivity index (χ3n) is 5.86. The Hall–Kier alpha value is -4.91. The van der Waals surface area contributed by atoms with Crippen LogP contribution in [0.25, 0.3) is 31.8 Å². The molecule has 41 heavy (non-hydrogen) atoms. The van der Waals surface area contributed by atoms with Crippen LogP contribution in [0.5, 0.6) is 11.6 Å². The standard InChI is InChI=1S/C28H25FN6O5S/c1-15-9-17(25-20(10-15)33-24(38-4)14-31-25)26-34-19-12-18(29)22(13-23(19)41-26)39-7-8-40-28(37)32-16-5-6-30-21(11-16)27(36)35(2)3/h5-6,9-14H,7-8H2,1-4H3,(H,30,32,37). The molecule has 0 bridgehead atoms. The number of pyridine rings is 1. The molecule has 2 aromatic carbocycles. The fourth-order valence-corrected chi connectivity index (χ4v) is 4.95. The predicted octanol–water partition coefficient (Wildman–Crippen LogP) is 5.09. The molecule has 3 aromatic heterocycles. The molecule has 0 aliphatic heterocycles. The number of amides is 2. The number of ether oxygens (including phenoxy) is 3. The van der Waals surface area contributed by atoms with Gasteiger partial charge in [0.05, 0.1) is 34.6 Å². The summed E-state index contributed by atoms with van der Waals surface area (Å²) in [5.74, 6) is -0.473. The van der Waals surface area contributed by atoms with Gasteiger partial charge in [0, 0.05) is 43.7 Å². The number of nitrogens with zero attached hydrogens (tertiary/aromatic N) is 5. The quantitative estimate of drug-likeness (QED) is 0.251. The lowest BCUT2D eigenvalue weighted by Crippen LogP contribution is -2.23. The first kappa shape index (κ1) is 27.6. The van der Waals surface area contributed by atoms with E-state index >= 15 is 0 Å². The first-order chi connectivity index (χ1) is 19.7. The minimum Gasteiger partial charge on any atom is -0.487 e. The lowest BCUT2D eigenvalue weighted by Gasteiger charge is -2.11. The van der Waals surface area contributed by atoms with E-state index in [1.807, 2.05) is 19.1 Å². The van der Waals surface area contributed by atoms with Gasteiger partial charge >= 0.3 is 6.09 Å². The van der Waals surface area contributed by atoms with Crippen molar-refractivity contribution in [1.29, 1.82) is 0 Å². The highest BCUT2D eigenvalue weighted by Crippen LogP contribution is 2.37. The predicted molar refractivity (Wildman–Crippen MR) is 152 cm³/mol. The molecule has 5 rings (SSSR count). The van der Waals surface area contributed by atoms with Gasteiger partial charge < -0.3 is 19.1 Å². The number of halogens is 1. The van der Waals surface area contributed by atoms with Crippen molar-refractivity contribution < 1.29 is 28.2 Å². The molecule has 2 amide bonds. The van der Waals surface area contributed by atoms with Crippen LogP contribution in [0.1, 0.15) is 16.1 Å². The van der Waals surface area contributed by atoms with Crippen LogP contribution >= 0.6 is 11.3 Å². The van der Waals surface area contributed by atoms with Gasteiger partial charge in [0.1, 0.15) is 23.9 Å². The molecule has 13 heteroatoms. The Morgan fingerprint density at radius 2 is 1.88 bits per heavy atom. The Morgan fingerprint density at radius 1 is 1.05 bits per heavy atom. The fraction of sp³-hybridized carbons (Fsp3) is 0.214. The maximum Gasteiger partial charge on any atom is 0.411 e. The Labute approximate surface area is 237 Å². The molecule has 5 aromatic rings. The molecule has 11 nitrogen and oxygen atoms in total. The van der Waals surface area contributed by atoms with Crippen molar-refractivity contribution in [2.75, 3.05) is 39.7 Å². The summed E-state index contributed by atoms with van der Waals surface area (Å²) in [6, 6.07) is 9.72. The van der Waals surface area contributed by atoms with Crippen LogP contribution in [0.3, 0.4) is 0 Å². The molecule has 1 N–H and O–H groups in total. The zero-order chi connectivity index (χ0) is 29.1. The summed E-state index contributed by atoms with van der Waals surface area (Å²) < 4.78 is 31.4. The number of carbonyl (C=O) groups is 2. The molecular formula is C28H25FN6O5S. The second kappa shape index (κ2) is 11.7. The van der Waals surface area contributed by atoms with Gasteiger partial charge in [-0.25, -0.2) is 24.1 Å². The molecule has 0 aliphatic rings. The highest BCUT2D eigenvalue weighted by Gasteiger charge is 2.16. The molecule has 0 spiro atoms. The Balaban J connectivity index is 1.24. The summed E-state index contributed by atoms with van der Waals surface area (Å²) in [6.07, 6.45) is 2.20. The number of rotatable bonds is 8. The van der Waals surface area contributed by atoms with Crippen molar-refractivity contribution in [3.63, 3.8) is 0 Å². The molecule has 0 unspecified atom stereocenters. The lowest BCUT2D eigenvalue weighted by atomic mass is 10.1. The summed E-state index contributed by atoms with van der Waals surface area (Å²) in [5.41, 5.74) is 4.09. The van der Waals surface area contributed by atoms with Crippen LogP contribution in [-0.2, 0) is 4.74 Å². The van der Waals surface area contributed by atoms with Gasteiger partial charge in [0.25, 0.3) is 5.91 Å². The average molecular weight is 577 g/mol. The van der Waals surface area contributed by atoms with E-state index in [1.54, 1.807) is 26.4 Å². The van der Waals surface area contributed by atoms with Crippen molar-refractivity contribution in [3.8, 4) is 22.2 Å². The van der Waals surface area contributed by atoms with E-state index in [1.165, 1.54) is 47.7 Å². The number of hydrogen-bond acceptors (Lipinski definition) is 10. The van der Waals surface area contributed by atoms with Crippen LogP contribution in [-0.4, -0.2) is 71.3 Å². The van der Waals surface area contributed by atoms with Crippen molar-refractivity contribution in [3.05, 3.63) is 65.9 Å². The molecule has 210 valence electrons. The first-order valence-corrected chi connectivity index (χ1v) is 13.2. The van der Waals surface area contributed by atoms with E-state index < -0.39 is 11.9 Å². The zero-order valence-electron chi connectivity index (χ0n) is 22.6. The average Bonchev–Trinajstić information content (AvgIpc) is 3.36. The maximum absolute atomic E-state index is 14.8. The van der Waals surface area contributed by atoms with E-state index in [9.17, 15) is 14.0 Å². The Kier molecular flexibility index (Phi) is 7.88. The molecule has 0 fully saturated rings. The van der Waals surface area contributed by atoms with Gasteiger partial charge in [-0.2, -0.15) is 0 Å². The second-order valence-corrected chi connectivity index (χ2v) is 10.1. The largest absolute Gasteiger partial charge is 0.487 e. The van der Waals surface area contributed by atoms with E-state index in [0.29, 0.717) is 37.8 Å². The van der Waals surface area contributed by atoms with Gasteiger partial charge in [-0.1, -0.05) is 0 Å². The van der Waals surface area contributed by atoms with Gasteiger partial charge in [-0.15, -0.1) is 11.3 Å². The molecule has 0 saturated carbocycles. The van der Waals surface area contributed by atoms with Crippen LogP contribution in [0.4, 0.5) is 14.9 Å². The Morgan fingerprint density at radius 3 is 2.66 bits per heavy atom. The van der Waals surface area contributed by atoms with Crippen LogP contribution in [0, 0.1) is 12.7 Å². The van der Waals surface area contributed by atoms with Crippen molar-refractivity contribution in [1.82, 2.24) is 24.8 Å². The number of fused-ring (bicyclic) bond motifs is 2. The number of hydrogen-bond donors (Lipinski definition) is 1. The minimum absolute atomic E-state index is 0.0105. The van der Waals surface area contributed by atoms with Crippen LogP contribution < -0.4 is 14.8 Å². The van der Waals surface area contributed by atoms with Gasteiger partial charge in [-0.05, 0) is 36.8 Å². The van der Waals surface area contributed by atoms with Crippen molar-refractivity contribution in [2.24, 2.45) is 0 Å². The number of aromatic nitrogens is 4. The van der Waals surface area contributed by atoms with Gasteiger partial charge in [-0.3, -0.25) is 15.1 Å². The number of nitrogens with one attached hydrogen (secondary N) is 1. The minimum atomic E-state index is -0.753. The fourth-order valence-electron chi connectivity index (χ4n) is 3.96. The lowest BCUT2D eigenvalue weighted by molar-refractivity contribution is 0.0822. The molecule has 0 saturated heterocycles. The SMILES string of the molecule is COc1cnc2c(-c3nc4cc(F)c(OCCOC(=O)Nc5ccnc(C(=O)N(C)C)c5)cc4s3)cc(C)cc2n1. The van der Waals surface area contributed by atoms with Crippen LogP contribution in [0.2, 0.25) is 0 Å². The highest BCUT2D eigenvalue weighted by molar-refractivity contribution is 7.21. The number of aryl methyl sites for hydroxylation is 1. The molecular weight excluding hydrogens is 551 g/mol. The van der Waals surface area contributed by atoms with E-state index in [-0.39, 0.29) is 30.6 Å². The van der Waals surface area contributed by atoms with Gasteiger partial charge in [0.15, 0.2) is 11.6 Å². The maximum atomic E-state index is 14.8. The first-order valence-electron chi connectivity index (χ1n) is 12.4. The van der Waals surface area contributed by atoms with Crippen molar-refractivity contribution >= 4 is 50.3 Å². The topological polar surface area (TPSA) is 129 Å². The smallest absolute Gasteiger partial charge is 0.411 e.